The normalized spacial score (nSPS) is 23.0. The lowest BCUT2D eigenvalue weighted by Gasteiger charge is -2.47. The van der Waals surface area contributed by atoms with Gasteiger partial charge in [-0.1, -0.05) is 30.3 Å². The fourth-order valence-corrected chi connectivity index (χ4v) is 4.46. The largest absolute Gasteiger partial charge is 0.497 e. The molecule has 2 aromatic carbocycles. The Labute approximate surface area is 176 Å². The van der Waals surface area contributed by atoms with Crippen molar-refractivity contribution in [1.82, 2.24) is 4.90 Å². The third-order valence-corrected chi connectivity index (χ3v) is 5.88. The number of Topliss-reactive ketones (excluding diaryl/α,β-unsaturated/α-hetero) is 1. The number of ether oxygens (including phenoxy) is 3. The number of rotatable bonds is 5. The number of carbonyl (C=O) groups is 2. The highest BCUT2D eigenvalue weighted by Gasteiger charge is 2.44. The summed E-state index contributed by atoms with van der Waals surface area (Å²) in [5.41, 5.74) is 2.60. The van der Waals surface area contributed by atoms with Gasteiger partial charge in [-0.2, -0.15) is 0 Å². The van der Waals surface area contributed by atoms with Gasteiger partial charge >= 0.3 is 6.09 Å². The maximum atomic E-state index is 13.2. The van der Waals surface area contributed by atoms with Gasteiger partial charge in [0.1, 0.15) is 12.4 Å². The first-order valence-electron chi connectivity index (χ1n) is 10.3. The fraction of sp³-hybridized carbons (Fsp3) is 0.417. The maximum Gasteiger partial charge on any atom is 0.410 e. The summed E-state index contributed by atoms with van der Waals surface area (Å²) < 4.78 is 16.6. The topological polar surface area (TPSA) is 65.1 Å². The lowest BCUT2D eigenvalue weighted by Crippen LogP contribution is -2.59. The summed E-state index contributed by atoms with van der Waals surface area (Å²) in [6.45, 7) is 3.05. The number of methoxy groups -OCH3 is 1. The zero-order valence-electron chi connectivity index (χ0n) is 17.4. The molecule has 0 aliphatic carbocycles. The highest BCUT2D eigenvalue weighted by atomic mass is 16.6. The Balaban J connectivity index is 1.45. The molecule has 2 unspecified atom stereocenters. The molecule has 2 aliphatic heterocycles. The Morgan fingerprint density at radius 2 is 1.77 bits per heavy atom. The third kappa shape index (κ3) is 4.33. The molecular weight excluding hydrogens is 382 g/mol. The summed E-state index contributed by atoms with van der Waals surface area (Å²) >= 11 is 0. The summed E-state index contributed by atoms with van der Waals surface area (Å²) in [5.74, 6) is 0.642. The summed E-state index contributed by atoms with van der Waals surface area (Å²) in [6.07, 6.45) is 0.818. The van der Waals surface area contributed by atoms with Crippen molar-refractivity contribution < 1.29 is 23.8 Å². The molecule has 0 saturated carbocycles. The number of nitrogens with zero attached hydrogens (tertiary/aromatic N) is 1. The molecule has 0 spiro atoms. The second-order valence-corrected chi connectivity index (χ2v) is 8.06. The zero-order valence-corrected chi connectivity index (χ0v) is 17.4. The van der Waals surface area contributed by atoms with Gasteiger partial charge in [-0.25, -0.2) is 4.79 Å². The van der Waals surface area contributed by atoms with Crippen LogP contribution in [0.4, 0.5) is 4.79 Å². The van der Waals surface area contributed by atoms with Gasteiger partial charge < -0.3 is 14.2 Å². The zero-order chi connectivity index (χ0) is 21.1. The molecule has 2 aliphatic rings. The van der Waals surface area contributed by atoms with E-state index in [2.05, 4.69) is 0 Å². The van der Waals surface area contributed by atoms with Gasteiger partial charge in [-0.15, -0.1) is 0 Å². The molecule has 4 rings (SSSR count). The molecule has 2 fully saturated rings. The van der Waals surface area contributed by atoms with Crippen LogP contribution in [-0.4, -0.2) is 49.2 Å². The van der Waals surface area contributed by atoms with Crippen molar-refractivity contribution in [2.24, 2.45) is 5.92 Å². The van der Waals surface area contributed by atoms with Crippen LogP contribution in [0.15, 0.2) is 48.5 Å². The Morgan fingerprint density at radius 1 is 1.07 bits per heavy atom. The quantitative estimate of drug-likeness (QED) is 0.699. The summed E-state index contributed by atoms with van der Waals surface area (Å²) in [4.78, 5) is 27.8. The van der Waals surface area contributed by atoms with Gasteiger partial charge in [0.05, 0.1) is 32.4 Å². The minimum absolute atomic E-state index is 0.103. The second kappa shape index (κ2) is 8.88. The summed E-state index contributed by atoms with van der Waals surface area (Å²) in [7, 11) is 1.60. The van der Waals surface area contributed by atoms with E-state index in [1.165, 1.54) is 0 Å². The van der Waals surface area contributed by atoms with E-state index in [0.717, 1.165) is 11.1 Å². The van der Waals surface area contributed by atoms with Gasteiger partial charge in [0.2, 0.25) is 0 Å². The van der Waals surface area contributed by atoms with Crippen LogP contribution in [0.1, 0.15) is 34.3 Å². The fourth-order valence-electron chi connectivity index (χ4n) is 4.46. The number of fused-ring (bicyclic) bond motifs is 2. The first kappa shape index (κ1) is 20.4. The average Bonchev–Trinajstić information content (AvgIpc) is 2.76. The van der Waals surface area contributed by atoms with Crippen molar-refractivity contribution in [3.05, 3.63) is 65.2 Å². The number of amides is 1. The van der Waals surface area contributed by atoms with E-state index in [0.29, 0.717) is 37.4 Å². The van der Waals surface area contributed by atoms with E-state index in [4.69, 9.17) is 14.2 Å². The van der Waals surface area contributed by atoms with Crippen molar-refractivity contribution in [2.45, 2.75) is 38.5 Å². The molecule has 30 heavy (non-hydrogen) atoms. The molecule has 1 amide bonds. The van der Waals surface area contributed by atoms with Crippen LogP contribution in [0.5, 0.6) is 5.75 Å². The molecule has 6 heteroatoms. The van der Waals surface area contributed by atoms with E-state index in [9.17, 15) is 9.59 Å². The van der Waals surface area contributed by atoms with Gasteiger partial charge in [0.15, 0.2) is 5.78 Å². The van der Waals surface area contributed by atoms with E-state index in [1.807, 2.05) is 49.4 Å². The molecule has 158 valence electrons. The molecule has 6 nitrogen and oxygen atoms in total. The van der Waals surface area contributed by atoms with Crippen LogP contribution >= 0.6 is 0 Å². The number of ketones is 1. The Morgan fingerprint density at radius 3 is 2.43 bits per heavy atom. The maximum absolute atomic E-state index is 13.2. The molecule has 2 bridgehead atoms. The Hall–Kier alpha value is -2.86. The predicted molar refractivity (Wildman–Crippen MR) is 112 cm³/mol. The molecule has 0 radical (unpaired) electrons. The first-order valence-corrected chi connectivity index (χ1v) is 10.3. The number of hydrogen-bond donors (Lipinski definition) is 0. The van der Waals surface area contributed by atoms with Crippen LogP contribution in [0.3, 0.4) is 0 Å². The number of aryl methyl sites for hydroxylation is 1. The van der Waals surface area contributed by atoms with E-state index in [-0.39, 0.29) is 36.5 Å². The van der Waals surface area contributed by atoms with Gasteiger partial charge in [0.25, 0.3) is 0 Å². The lowest BCUT2D eigenvalue weighted by atomic mass is 9.80. The average molecular weight is 409 g/mol. The highest BCUT2D eigenvalue weighted by Crippen LogP contribution is 2.34. The van der Waals surface area contributed by atoms with E-state index >= 15 is 0 Å². The monoisotopic (exact) mass is 409 g/mol. The predicted octanol–water partition coefficient (Wildman–Crippen LogP) is 4.00. The highest BCUT2D eigenvalue weighted by molar-refractivity contribution is 5.98. The van der Waals surface area contributed by atoms with Crippen molar-refractivity contribution in [3.63, 3.8) is 0 Å². The van der Waals surface area contributed by atoms with E-state index < -0.39 is 0 Å². The Bertz CT molecular complexity index is 899. The van der Waals surface area contributed by atoms with Crippen LogP contribution in [0, 0.1) is 12.8 Å². The third-order valence-electron chi connectivity index (χ3n) is 5.88. The minimum Gasteiger partial charge on any atom is -0.497 e. The van der Waals surface area contributed by atoms with Crippen molar-refractivity contribution in [3.8, 4) is 5.75 Å². The van der Waals surface area contributed by atoms with Gasteiger partial charge in [-0.05, 0) is 49.1 Å². The number of carbonyl (C=O) groups excluding carboxylic acids is 2. The second-order valence-electron chi connectivity index (χ2n) is 8.06. The van der Waals surface area contributed by atoms with Crippen molar-refractivity contribution in [2.75, 3.05) is 20.3 Å². The van der Waals surface area contributed by atoms with Crippen LogP contribution in [-0.2, 0) is 16.1 Å². The summed E-state index contributed by atoms with van der Waals surface area (Å²) in [5, 5.41) is 0. The van der Waals surface area contributed by atoms with Crippen molar-refractivity contribution >= 4 is 11.9 Å². The molecule has 0 aromatic heterocycles. The molecule has 2 heterocycles. The van der Waals surface area contributed by atoms with Crippen LogP contribution < -0.4 is 4.74 Å². The summed E-state index contributed by atoms with van der Waals surface area (Å²) in [6, 6.07) is 14.9. The van der Waals surface area contributed by atoms with Crippen molar-refractivity contribution in [1.29, 1.82) is 0 Å². The number of benzene rings is 2. The first-order chi connectivity index (χ1) is 14.5. The lowest BCUT2D eigenvalue weighted by molar-refractivity contribution is -0.0755. The standard InChI is InChI=1S/C24H27NO5/c1-16-8-18(12-22(9-16)28-2)23(26)19-10-20-14-29-15-21(11-19)25(20)24(27)30-13-17-6-4-3-5-7-17/h3-9,12,19-21H,10-11,13-15H2,1-2H3. The molecule has 0 N–H and O–H groups in total. The SMILES string of the molecule is COc1cc(C)cc(C(=O)C2CC3COCC(C2)N3C(=O)OCc2ccccc2)c1. The molecule has 2 aromatic rings. The number of piperidine rings is 1. The van der Waals surface area contributed by atoms with Crippen LogP contribution in [0.25, 0.3) is 0 Å². The molecular formula is C24H27NO5. The number of morpholine rings is 1. The molecule has 2 saturated heterocycles. The number of hydrogen-bond acceptors (Lipinski definition) is 5. The molecule has 2 atom stereocenters. The van der Waals surface area contributed by atoms with Gasteiger partial charge in [-0.3, -0.25) is 9.69 Å². The van der Waals surface area contributed by atoms with E-state index in [1.54, 1.807) is 18.1 Å². The van der Waals surface area contributed by atoms with Gasteiger partial charge in [0, 0.05) is 11.5 Å². The minimum atomic E-state index is -0.333. The smallest absolute Gasteiger partial charge is 0.410 e. The van der Waals surface area contributed by atoms with Crippen LogP contribution in [0.2, 0.25) is 0 Å². The Kier molecular flexibility index (Phi) is 6.04.